The van der Waals surface area contributed by atoms with Gasteiger partial charge in [0.25, 0.3) is 0 Å². The normalized spacial score (nSPS) is 12.5. The van der Waals surface area contributed by atoms with Gasteiger partial charge in [-0.15, -0.1) is 0 Å². The Morgan fingerprint density at radius 3 is 1.11 bits per heavy atom. The molecule has 1 heterocycles. The van der Waals surface area contributed by atoms with Crippen LogP contribution in [0.4, 0.5) is 17.1 Å². The zero-order valence-electron chi connectivity index (χ0n) is 36.3. The van der Waals surface area contributed by atoms with Crippen LogP contribution in [-0.4, -0.2) is 0 Å². The summed E-state index contributed by atoms with van der Waals surface area (Å²) in [6.07, 6.45) is 9.22. The van der Waals surface area contributed by atoms with Gasteiger partial charge in [0, 0.05) is 5.69 Å². The van der Waals surface area contributed by atoms with Crippen LogP contribution in [0.3, 0.4) is 0 Å². The first kappa shape index (κ1) is 40.1. The van der Waals surface area contributed by atoms with Gasteiger partial charge < -0.3 is 4.90 Å². The maximum atomic E-state index is 2.46. The topological polar surface area (TPSA) is 3.24 Å². The van der Waals surface area contributed by atoms with Crippen LogP contribution in [-0.2, 0) is 0 Å². The lowest BCUT2D eigenvalue weighted by Gasteiger charge is -2.28. The van der Waals surface area contributed by atoms with Gasteiger partial charge in [0.05, 0.1) is 11.4 Å². The van der Waals surface area contributed by atoms with Crippen LogP contribution in [0.2, 0.25) is 0 Å². The van der Waals surface area contributed by atoms with E-state index in [9.17, 15) is 0 Å². The lowest BCUT2D eigenvalue weighted by atomic mass is 9.93. The average molecular weight is 820 g/mol. The summed E-state index contributed by atoms with van der Waals surface area (Å²) in [7, 11) is 0. The van der Waals surface area contributed by atoms with Gasteiger partial charge in [-0.1, -0.05) is 232 Å². The van der Waals surface area contributed by atoms with Crippen molar-refractivity contribution in [2.75, 3.05) is 4.90 Å². The second kappa shape index (κ2) is 18.2. The Morgan fingerprint density at radius 1 is 0.359 bits per heavy atom. The minimum atomic E-state index is 0.434. The molecule has 0 atom stereocenters. The third-order valence-electron chi connectivity index (χ3n) is 12.2. The second-order valence-electron chi connectivity index (χ2n) is 16.8. The predicted molar refractivity (Wildman–Crippen MR) is 275 cm³/mol. The van der Waals surface area contributed by atoms with Crippen molar-refractivity contribution in [1.29, 1.82) is 0 Å². The van der Waals surface area contributed by atoms with Gasteiger partial charge in [-0.05, 0) is 126 Å². The molecule has 9 aromatic carbocycles. The van der Waals surface area contributed by atoms with Crippen molar-refractivity contribution in [1.82, 2.24) is 0 Å². The van der Waals surface area contributed by atoms with Crippen LogP contribution in [0.5, 0.6) is 0 Å². The maximum Gasteiger partial charge on any atom is 0.0540 e. The highest BCUT2D eigenvalue weighted by molar-refractivity contribution is 5.98. The Hall–Kier alpha value is -8.00. The zero-order valence-corrected chi connectivity index (χ0v) is 36.3. The van der Waals surface area contributed by atoms with Gasteiger partial charge in [-0.25, -0.2) is 0 Å². The number of benzene rings is 9. The molecular formula is C63H49N. The fraction of sp³-hybridized carbons (Fsp3) is 0.0476. The first-order valence-electron chi connectivity index (χ1n) is 22.3. The summed E-state index contributed by atoms with van der Waals surface area (Å²) in [6.45, 7) is 4.51. The van der Waals surface area contributed by atoms with Gasteiger partial charge in [0.15, 0.2) is 0 Å². The average Bonchev–Trinajstić information content (AvgIpc) is 3.52. The minimum Gasteiger partial charge on any atom is -0.309 e. The minimum absolute atomic E-state index is 0.434. The van der Waals surface area contributed by atoms with E-state index in [-0.39, 0.29) is 0 Å². The molecule has 1 aliphatic rings. The molecule has 0 bridgehead atoms. The van der Waals surface area contributed by atoms with Gasteiger partial charge in [-0.3, -0.25) is 0 Å². The molecule has 1 aliphatic heterocycles. The standard InChI is InChI=1S/C63H49N/c1-45(2)48-37-39-59(40-38-48)64-62-43-46(41-60(53-19-11-5-12-20-53)55-31-27-51(28-32-55)49-15-7-3-8-16-49)23-25-57(62)35-36-58-26-24-47(44-63(58)64)42-61(54-21-13-6-14-22-54)56-33-29-52(30-34-56)50-17-9-4-10-18-50/h3-45H,1-2H3/b60-41-,61-42-. The molecule has 0 spiro atoms. The molecule has 0 unspecified atom stereocenters. The van der Waals surface area contributed by atoms with Crippen LogP contribution in [0.1, 0.15) is 69.8 Å². The van der Waals surface area contributed by atoms with E-state index in [1.54, 1.807) is 0 Å². The molecule has 9 aromatic rings. The van der Waals surface area contributed by atoms with E-state index in [2.05, 4.69) is 274 Å². The predicted octanol–water partition coefficient (Wildman–Crippen LogP) is 17.3. The van der Waals surface area contributed by atoms with E-state index in [4.69, 9.17) is 0 Å². The lowest BCUT2D eigenvalue weighted by Crippen LogP contribution is -2.12. The highest BCUT2D eigenvalue weighted by Gasteiger charge is 2.22. The number of fused-ring (bicyclic) bond motifs is 2. The van der Waals surface area contributed by atoms with Crippen LogP contribution in [0.25, 0.3) is 57.7 Å². The summed E-state index contributed by atoms with van der Waals surface area (Å²) >= 11 is 0. The summed E-state index contributed by atoms with van der Waals surface area (Å²) in [5, 5.41) is 0. The molecule has 1 heteroatoms. The molecule has 0 amide bonds. The van der Waals surface area contributed by atoms with Crippen molar-refractivity contribution in [3.63, 3.8) is 0 Å². The Morgan fingerprint density at radius 2 is 0.719 bits per heavy atom. The monoisotopic (exact) mass is 819 g/mol. The third-order valence-corrected chi connectivity index (χ3v) is 12.2. The summed E-state index contributed by atoms with van der Waals surface area (Å²) in [5.41, 5.74) is 21.2. The van der Waals surface area contributed by atoms with Crippen molar-refractivity contribution in [2.24, 2.45) is 0 Å². The maximum absolute atomic E-state index is 2.46. The van der Waals surface area contributed by atoms with Crippen molar-refractivity contribution in [3.8, 4) is 22.3 Å². The molecule has 306 valence electrons. The number of anilines is 3. The van der Waals surface area contributed by atoms with Gasteiger partial charge >= 0.3 is 0 Å². The van der Waals surface area contributed by atoms with Crippen LogP contribution in [0, 0.1) is 0 Å². The molecular weight excluding hydrogens is 771 g/mol. The Balaban J connectivity index is 1.10. The third kappa shape index (κ3) is 8.58. The molecule has 0 aliphatic carbocycles. The van der Waals surface area contributed by atoms with Crippen molar-refractivity contribution in [2.45, 2.75) is 19.8 Å². The highest BCUT2D eigenvalue weighted by atomic mass is 15.1. The van der Waals surface area contributed by atoms with Crippen molar-refractivity contribution < 1.29 is 0 Å². The SMILES string of the molecule is CC(C)c1ccc(N2c3cc(/C=C(/c4ccccc4)c4ccc(-c5ccccc5)cc4)ccc3C=Cc3ccc(/C=C(/c4ccccc4)c4ccc(-c5ccccc5)cc4)cc32)cc1. The second-order valence-corrected chi connectivity index (χ2v) is 16.8. The van der Waals surface area contributed by atoms with E-state index in [0.29, 0.717) is 5.92 Å². The molecule has 0 fully saturated rings. The molecule has 0 saturated heterocycles. The molecule has 0 N–H and O–H groups in total. The number of hydrogen-bond acceptors (Lipinski definition) is 1. The summed E-state index contributed by atoms with van der Waals surface area (Å²) in [6, 6.07) is 83.5. The fourth-order valence-corrected chi connectivity index (χ4v) is 8.75. The molecule has 64 heavy (non-hydrogen) atoms. The zero-order chi connectivity index (χ0) is 43.2. The Kier molecular flexibility index (Phi) is 11.4. The summed E-state index contributed by atoms with van der Waals surface area (Å²) in [4.78, 5) is 2.46. The van der Waals surface area contributed by atoms with Gasteiger partial charge in [0.2, 0.25) is 0 Å². The number of rotatable bonds is 10. The first-order valence-corrected chi connectivity index (χ1v) is 22.3. The highest BCUT2D eigenvalue weighted by Crippen LogP contribution is 2.44. The van der Waals surface area contributed by atoms with E-state index in [0.717, 1.165) is 39.3 Å². The fourth-order valence-electron chi connectivity index (χ4n) is 8.75. The van der Waals surface area contributed by atoms with E-state index in [1.165, 1.54) is 61.2 Å². The van der Waals surface area contributed by atoms with Crippen LogP contribution >= 0.6 is 0 Å². The number of nitrogens with zero attached hydrogens (tertiary/aromatic N) is 1. The quantitative estimate of drug-likeness (QED) is 0.124. The lowest BCUT2D eigenvalue weighted by molar-refractivity contribution is 0.866. The summed E-state index contributed by atoms with van der Waals surface area (Å²) in [5.74, 6) is 0.434. The van der Waals surface area contributed by atoms with E-state index < -0.39 is 0 Å². The van der Waals surface area contributed by atoms with E-state index in [1.807, 2.05) is 0 Å². The van der Waals surface area contributed by atoms with Crippen LogP contribution in [0.15, 0.2) is 231 Å². The van der Waals surface area contributed by atoms with Crippen LogP contribution < -0.4 is 4.90 Å². The molecule has 1 nitrogen and oxygen atoms in total. The number of hydrogen-bond donors (Lipinski definition) is 0. The smallest absolute Gasteiger partial charge is 0.0540 e. The molecule has 0 saturated carbocycles. The first-order chi connectivity index (χ1) is 31.5. The van der Waals surface area contributed by atoms with E-state index >= 15 is 0 Å². The molecule has 0 radical (unpaired) electrons. The summed E-state index contributed by atoms with van der Waals surface area (Å²) < 4.78 is 0. The van der Waals surface area contributed by atoms with Gasteiger partial charge in [-0.2, -0.15) is 0 Å². The Labute approximate surface area is 378 Å². The van der Waals surface area contributed by atoms with Crippen molar-refractivity contribution >= 4 is 52.5 Å². The molecule has 0 aromatic heterocycles. The Bertz CT molecular complexity index is 2910. The molecule has 10 rings (SSSR count). The van der Waals surface area contributed by atoms with Gasteiger partial charge in [0.1, 0.15) is 0 Å². The van der Waals surface area contributed by atoms with Crippen molar-refractivity contribution in [3.05, 3.63) is 281 Å². The largest absolute Gasteiger partial charge is 0.309 e.